The maximum atomic E-state index is 7.44. The van der Waals surface area contributed by atoms with Crippen molar-refractivity contribution in [3.8, 4) is 0 Å². The zero-order valence-corrected chi connectivity index (χ0v) is 16.2. The van der Waals surface area contributed by atoms with Crippen molar-refractivity contribution < 1.29 is 0 Å². The second kappa shape index (κ2) is 16.5. The van der Waals surface area contributed by atoms with Gasteiger partial charge >= 0.3 is 0 Å². The van der Waals surface area contributed by atoms with Crippen molar-refractivity contribution in [2.24, 2.45) is 0 Å². The topological polar surface area (TPSA) is 47.7 Å². The summed E-state index contributed by atoms with van der Waals surface area (Å²) in [7, 11) is 0. The monoisotopic (exact) mass is 488 g/mol. The Labute approximate surface area is 142 Å². The molecule has 0 aliphatic heterocycles. The van der Waals surface area contributed by atoms with E-state index in [1.165, 1.54) is 12.8 Å². The van der Waals surface area contributed by atoms with Gasteiger partial charge in [0.05, 0.1) is 10.1 Å². The molecule has 2 N–H and O–H groups in total. The molecular weight excluding hydrogens is 466 g/mol. The summed E-state index contributed by atoms with van der Waals surface area (Å²) < 4.78 is 0. The molecule has 0 radical (unpaired) electrons. The molecule has 0 unspecified atom stereocenters. The second-order valence-corrected chi connectivity index (χ2v) is 4.97. The summed E-state index contributed by atoms with van der Waals surface area (Å²) in [6.07, 6.45) is 10.4. The highest BCUT2D eigenvalue weighted by molar-refractivity contribution is 14.0. The number of unbranched alkanes of at least 4 members (excludes halogenated alkanes) is 3. The lowest BCUT2D eigenvalue weighted by Gasteiger charge is -2.01. The van der Waals surface area contributed by atoms with Crippen LogP contribution in [0.15, 0.2) is 0 Å². The minimum absolute atomic E-state index is 0. The number of thioether (sulfide) groups is 2. The number of rotatable bonds is 7. The van der Waals surface area contributed by atoms with E-state index >= 15 is 0 Å². The molecule has 0 rings (SSSR count). The molecule has 0 amide bonds. The summed E-state index contributed by atoms with van der Waals surface area (Å²) in [5.41, 5.74) is 0. The van der Waals surface area contributed by atoms with E-state index in [2.05, 4.69) is 0 Å². The van der Waals surface area contributed by atoms with Gasteiger partial charge in [-0.25, -0.2) is 0 Å². The molecule has 0 aromatic carbocycles. The molecule has 0 aromatic rings. The summed E-state index contributed by atoms with van der Waals surface area (Å²) in [4.78, 5) is 0. The van der Waals surface area contributed by atoms with Gasteiger partial charge < -0.3 is 0 Å². The first-order valence-corrected chi connectivity index (χ1v) is 7.38. The summed E-state index contributed by atoms with van der Waals surface area (Å²) >= 11 is 3.09. The molecule has 0 aliphatic carbocycles. The minimum atomic E-state index is 0. The third kappa shape index (κ3) is 15.5. The van der Waals surface area contributed by atoms with Gasteiger partial charge in [-0.15, -0.1) is 71.5 Å². The molecule has 6 heteroatoms. The average molecular weight is 488 g/mol. The average Bonchev–Trinajstić information content (AvgIpc) is 2.22. The van der Waals surface area contributed by atoms with E-state index in [1.807, 2.05) is 12.5 Å². The fourth-order valence-corrected chi connectivity index (χ4v) is 1.83. The van der Waals surface area contributed by atoms with Crippen LogP contribution >= 0.6 is 71.5 Å². The molecule has 0 fully saturated rings. The Morgan fingerprint density at radius 2 is 1.06 bits per heavy atom. The molecule has 16 heavy (non-hydrogen) atoms. The second-order valence-electron chi connectivity index (χ2n) is 3.17. The Balaban J connectivity index is -0.000000845. The normalized spacial score (nSPS) is 8.88. The quantitative estimate of drug-likeness (QED) is 0.223. The fourth-order valence-electron chi connectivity index (χ4n) is 1.13. The largest absolute Gasteiger partial charge is 0.298 e. The van der Waals surface area contributed by atoms with Gasteiger partial charge in [0.15, 0.2) is 0 Å². The van der Waals surface area contributed by atoms with Crippen LogP contribution in [0.4, 0.5) is 0 Å². The van der Waals surface area contributed by atoms with Crippen molar-refractivity contribution in [3.63, 3.8) is 0 Å². The smallest absolute Gasteiger partial charge is 0.0638 e. The maximum absolute atomic E-state index is 7.44. The Hall–Kier alpha value is 1.50. The first-order valence-electron chi connectivity index (χ1n) is 4.93. The Morgan fingerprint density at radius 3 is 1.31 bits per heavy atom. The lowest BCUT2D eigenvalue weighted by Crippen LogP contribution is -1.91. The number of hydrogen-bond acceptors (Lipinski definition) is 4. The standard InChI is InChI=1S/C10H20N2S2.2HI/c1-13-9(11)7-5-3-4-6-8-10(12)14-2;;/h11-12H,3-8H2,1-2H3;2*1H. The van der Waals surface area contributed by atoms with E-state index in [0.29, 0.717) is 0 Å². The summed E-state index contributed by atoms with van der Waals surface area (Å²) in [5.74, 6) is 0. The predicted octanol–water partition coefficient (Wildman–Crippen LogP) is 5.24. The highest BCUT2D eigenvalue weighted by Crippen LogP contribution is 2.11. The molecule has 0 aromatic heterocycles. The molecule has 0 saturated heterocycles. The van der Waals surface area contributed by atoms with Crippen LogP contribution in [0.3, 0.4) is 0 Å². The summed E-state index contributed by atoms with van der Waals surface area (Å²) in [5, 5.41) is 16.5. The van der Waals surface area contributed by atoms with Gasteiger partial charge in [-0.2, -0.15) is 0 Å². The highest BCUT2D eigenvalue weighted by atomic mass is 127. The van der Waals surface area contributed by atoms with Crippen LogP contribution in [0.2, 0.25) is 0 Å². The van der Waals surface area contributed by atoms with Gasteiger partial charge in [-0.1, -0.05) is 12.8 Å². The molecule has 0 aliphatic rings. The molecular formula is C10H22I2N2S2. The molecule has 0 bridgehead atoms. The third-order valence-corrected chi connectivity index (χ3v) is 3.44. The van der Waals surface area contributed by atoms with Crippen molar-refractivity contribution in [1.29, 1.82) is 10.8 Å². The summed E-state index contributed by atoms with van der Waals surface area (Å²) in [6, 6.07) is 0. The fraction of sp³-hybridized carbons (Fsp3) is 0.800. The number of halogens is 2. The molecule has 2 nitrogen and oxygen atoms in total. The van der Waals surface area contributed by atoms with Crippen LogP contribution in [-0.2, 0) is 0 Å². The van der Waals surface area contributed by atoms with Crippen molar-refractivity contribution >= 4 is 81.6 Å². The van der Waals surface area contributed by atoms with Crippen molar-refractivity contribution in [2.75, 3.05) is 12.5 Å². The van der Waals surface area contributed by atoms with Crippen molar-refractivity contribution in [2.45, 2.75) is 38.5 Å². The van der Waals surface area contributed by atoms with Crippen LogP contribution in [0.1, 0.15) is 38.5 Å². The van der Waals surface area contributed by atoms with Gasteiger partial charge in [0.1, 0.15) is 0 Å². The van der Waals surface area contributed by atoms with Crippen LogP contribution in [-0.4, -0.2) is 22.6 Å². The van der Waals surface area contributed by atoms with Crippen molar-refractivity contribution in [1.82, 2.24) is 0 Å². The zero-order valence-electron chi connectivity index (χ0n) is 9.88. The minimum Gasteiger partial charge on any atom is -0.298 e. The molecule has 0 atom stereocenters. The molecule has 0 heterocycles. The first-order chi connectivity index (χ1) is 6.70. The Bertz CT molecular complexity index is 170. The zero-order chi connectivity index (χ0) is 10.8. The predicted molar refractivity (Wildman–Crippen MR) is 101 cm³/mol. The highest BCUT2D eigenvalue weighted by Gasteiger charge is 1.96. The van der Waals surface area contributed by atoms with Crippen LogP contribution in [0, 0.1) is 10.8 Å². The van der Waals surface area contributed by atoms with E-state index in [4.69, 9.17) is 10.8 Å². The Morgan fingerprint density at radius 1 is 0.750 bits per heavy atom. The third-order valence-electron chi connectivity index (χ3n) is 2.05. The Kier molecular flexibility index (Phi) is 23.4. The van der Waals surface area contributed by atoms with Crippen LogP contribution in [0.25, 0.3) is 0 Å². The van der Waals surface area contributed by atoms with Gasteiger partial charge in [0.25, 0.3) is 0 Å². The van der Waals surface area contributed by atoms with Crippen molar-refractivity contribution in [3.05, 3.63) is 0 Å². The first kappa shape index (κ1) is 22.7. The van der Waals surface area contributed by atoms with Gasteiger partial charge in [0.2, 0.25) is 0 Å². The lowest BCUT2D eigenvalue weighted by atomic mass is 10.1. The summed E-state index contributed by atoms with van der Waals surface area (Å²) in [6.45, 7) is 0. The maximum Gasteiger partial charge on any atom is 0.0638 e. The number of nitrogens with one attached hydrogen (secondary N) is 2. The molecule has 98 valence electrons. The molecule has 0 saturated carbocycles. The number of hydrogen-bond donors (Lipinski definition) is 2. The van der Waals surface area contributed by atoms with E-state index in [1.54, 1.807) is 23.5 Å². The van der Waals surface area contributed by atoms with E-state index in [0.717, 1.165) is 35.8 Å². The van der Waals surface area contributed by atoms with Gasteiger partial charge in [0, 0.05) is 0 Å². The van der Waals surface area contributed by atoms with Crippen LogP contribution < -0.4 is 0 Å². The van der Waals surface area contributed by atoms with E-state index in [9.17, 15) is 0 Å². The SMILES string of the molecule is CSC(=N)CCCCCCC(=N)SC.I.I. The van der Waals surface area contributed by atoms with E-state index in [-0.39, 0.29) is 48.0 Å². The van der Waals surface area contributed by atoms with Crippen LogP contribution in [0.5, 0.6) is 0 Å². The van der Waals surface area contributed by atoms with Gasteiger partial charge in [-0.05, 0) is 38.2 Å². The van der Waals surface area contributed by atoms with Gasteiger partial charge in [-0.3, -0.25) is 10.8 Å². The molecule has 0 spiro atoms. The lowest BCUT2D eigenvalue weighted by molar-refractivity contribution is 0.669. The van der Waals surface area contributed by atoms with E-state index < -0.39 is 0 Å².